The van der Waals surface area contributed by atoms with Crippen LogP contribution in [0.1, 0.15) is 90.9 Å². The molecule has 3 rings (SSSR count). The molecule has 5 N–H and O–H groups in total. The second kappa shape index (κ2) is 19.2. The number of amides is 2. The summed E-state index contributed by atoms with van der Waals surface area (Å²) in [6, 6.07) is 4.77. The smallest absolute Gasteiger partial charge is 0.229 e. The van der Waals surface area contributed by atoms with Crippen LogP contribution in [0.3, 0.4) is 0 Å². The fourth-order valence-corrected chi connectivity index (χ4v) is 5.71. The maximum absolute atomic E-state index is 13.2. The van der Waals surface area contributed by atoms with E-state index in [4.69, 9.17) is 18.9 Å². The molecule has 51 heavy (non-hydrogen) atoms. The highest BCUT2D eigenvalue weighted by molar-refractivity contribution is 6.03. The lowest BCUT2D eigenvalue weighted by molar-refractivity contribution is -0.265. The van der Waals surface area contributed by atoms with Crippen LogP contribution in [0, 0.1) is 10.8 Å². The summed E-state index contributed by atoms with van der Waals surface area (Å²) in [6.45, 7) is 16.4. The van der Waals surface area contributed by atoms with Gasteiger partial charge in [-0.1, -0.05) is 41.5 Å². The van der Waals surface area contributed by atoms with Crippen LogP contribution >= 0.6 is 0 Å². The predicted molar refractivity (Wildman–Crippen MR) is 189 cm³/mol. The number of piperidine rings is 1. The van der Waals surface area contributed by atoms with Crippen molar-refractivity contribution in [1.82, 2.24) is 10.2 Å². The number of ketones is 2. The van der Waals surface area contributed by atoms with Gasteiger partial charge in [0, 0.05) is 49.3 Å². The number of benzene rings is 1. The molecule has 2 amide bonds. The van der Waals surface area contributed by atoms with Crippen molar-refractivity contribution in [2.45, 2.75) is 117 Å². The van der Waals surface area contributed by atoms with Gasteiger partial charge in [-0.15, -0.1) is 0 Å². The fraction of sp³-hybridized carbons (Fsp3) is 0.730. The van der Waals surface area contributed by atoms with Crippen LogP contribution in [0.4, 0.5) is 5.69 Å². The van der Waals surface area contributed by atoms with E-state index in [1.807, 2.05) is 4.90 Å². The summed E-state index contributed by atoms with van der Waals surface area (Å²) in [6.07, 6.45) is -4.77. The van der Waals surface area contributed by atoms with Crippen molar-refractivity contribution >= 4 is 29.1 Å². The Morgan fingerprint density at radius 1 is 0.882 bits per heavy atom. The minimum absolute atomic E-state index is 0.0438. The van der Waals surface area contributed by atoms with E-state index in [0.717, 1.165) is 32.4 Å². The SMILES string of the molecule is CC(=O)[C@H]1OC(Oc2cc(NC(=O)CCOCCOCCNC3CCN(C(=O)CCC(C)(C)C)CC3)ccc2C(=O)C(C)(C)C)[C@H](O)[C@@H](O)[C@@H]1O. The van der Waals surface area contributed by atoms with Gasteiger partial charge in [-0.3, -0.25) is 19.2 Å². The third-order valence-corrected chi connectivity index (χ3v) is 8.87. The Kier molecular flexibility index (Phi) is 16.0. The Balaban J connectivity index is 1.38. The number of nitrogens with zero attached hydrogens (tertiary/aromatic N) is 1. The molecule has 14 heteroatoms. The number of likely N-dealkylation sites (tertiary alicyclic amines) is 1. The second-order valence-electron chi connectivity index (χ2n) is 15.6. The fourth-order valence-electron chi connectivity index (χ4n) is 5.71. The van der Waals surface area contributed by atoms with Crippen molar-refractivity contribution in [2.75, 3.05) is 51.4 Å². The molecule has 5 atom stereocenters. The summed E-state index contributed by atoms with van der Waals surface area (Å²) in [5.74, 6) is -1.03. The Morgan fingerprint density at radius 2 is 1.53 bits per heavy atom. The van der Waals surface area contributed by atoms with Gasteiger partial charge < -0.3 is 49.8 Å². The van der Waals surface area contributed by atoms with Crippen molar-refractivity contribution in [3.63, 3.8) is 0 Å². The summed E-state index contributed by atoms with van der Waals surface area (Å²) < 4.78 is 22.5. The predicted octanol–water partition coefficient (Wildman–Crippen LogP) is 2.46. The largest absolute Gasteiger partial charge is 0.461 e. The molecule has 1 aromatic carbocycles. The molecule has 0 spiro atoms. The lowest BCUT2D eigenvalue weighted by atomic mass is 9.86. The number of anilines is 1. The molecule has 1 unspecified atom stereocenters. The molecule has 0 radical (unpaired) electrons. The monoisotopic (exact) mass is 721 g/mol. The Morgan fingerprint density at radius 3 is 2.14 bits per heavy atom. The number of carbonyl (C=O) groups is 4. The first-order chi connectivity index (χ1) is 23.9. The third kappa shape index (κ3) is 13.5. The van der Waals surface area contributed by atoms with Gasteiger partial charge in [0.05, 0.1) is 38.4 Å². The van der Waals surface area contributed by atoms with E-state index in [2.05, 4.69) is 31.4 Å². The van der Waals surface area contributed by atoms with E-state index in [1.165, 1.54) is 19.1 Å². The minimum Gasteiger partial charge on any atom is -0.461 e. The van der Waals surface area contributed by atoms with E-state index >= 15 is 0 Å². The molecule has 0 saturated carbocycles. The molecular formula is C37H59N3O11. The quantitative estimate of drug-likeness (QED) is 0.117. The van der Waals surface area contributed by atoms with Crippen LogP contribution in [0.2, 0.25) is 0 Å². The van der Waals surface area contributed by atoms with Crippen molar-refractivity contribution in [3.8, 4) is 5.75 Å². The molecule has 2 heterocycles. The number of nitrogens with one attached hydrogen (secondary N) is 2. The van der Waals surface area contributed by atoms with Crippen LogP contribution in [-0.4, -0.2) is 126 Å². The summed E-state index contributed by atoms with van der Waals surface area (Å²) >= 11 is 0. The maximum Gasteiger partial charge on any atom is 0.229 e. The van der Waals surface area contributed by atoms with Crippen molar-refractivity contribution in [2.24, 2.45) is 10.8 Å². The highest BCUT2D eigenvalue weighted by Gasteiger charge is 2.47. The summed E-state index contributed by atoms with van der Waals surface area (Å²) in [5.41, 5.74) is -0.220. The van der Waals surface area contributed by atoms with Gasteiger partial charge in [0.25, 0.3) is 0 Å². The van der Waals surface area contributed by atoms with E-state index in [0.29, 0.717) is 44.5 Å². The Bertz CT molecular complexity index is 1320. The van der Waals surface area contributed by atoms with Crippen molar-refractivity contribution in [1.29, 1.82) is 0 Å². The third-order valence-electron chi connectivity index (χ3n) is 8.87. The first kappa shape index (κ1) is 42.4. The molecule has 2 saturated heterocycles. The molecule has 2 fully saturated rings. The number of ether oxygens (including phenoxy) is 4. The lowest BCUT2D eigenvalue weighted by Crippen LogP contribution is -2.60. The molecule has 14 nitrogen and oxygen atoms in total. The first-order valence-corrected chi connectivity index (χ1v) is 17.9. The molecule has 2 aliphatic heterocycles. The summed E-state index contributed by atoms with van der Waals surface area (Å²) in [5, 5.41) is 37.2. The average Bonchev–Trinajstić information content (AvgIpc) is 3.05. The molecule has 1 aromatic rings. The van der Waals surface area contributed by atoms with Gasteiger partial charge >= 0.3 is 0 Å². The van der Waals surface area contributed by atoms with Crippen LogP contribution in [0.25, 0.3) is 0 Å². The first-order valence-electron chi connectivity index (χ1n) is 17.9. The number of Topliss-reactive ketones (excluding diaryl/α,β-unsaturated/α-hetero) is 2. The van der Waals surface area contributed by atoms with Gasteiger partial charge in [0.2, 0.25) is 18.1 Å². The van der Waals surface area contributed by atoms with Crippen LogP contribution in [-0.2, 0) is 28.6 Å². The number of hydrogen-bond donors (Lipinski definition) is 5. The molecular weight excluding hydrogens is 662 g/mol. The van der Waals surface area contributed by atoms with Crippen LogP contribution in [0.15, 0.2) is 18.2 Å². The summed E-state index contributed by atoms with van der Waals surface area (Å²) in [4.78, 5) is 52.3. The maximum atomic E-state index is 13.2. The molecule has 288 valence electrons. The number of hydrogen-bond acceptors (Lipinski definition) is 12. The van der Waals surface area contributed by atoms with E-state index in [9.17, 15) is 34.5 Å². The van der Waals surface area contributed by atoms with Gasteiger partial charge in [0.1, 0.15) is 30.2 Å². The highest BCUT2D eigenvalue weighted by Crippen LogP contribution is 2.33. The highest BCUT2D eigenvalue weighted by atomic mass is 16.7. The van der Waals surface area contributed by atoms with Gasteiger partial charge in [0.15, 0.2) is 11.6 Å². The number of carbonyl (C=O) groups excluding carboxylic acids is 4. The molecule has 0 aromatic heterocycles. The van der Waals surface area contributed by atoms with Gasteiger partial charge in [-0.25, -0.2) is 0 Å². The zero-order chi connectivity index (χ0) is 37.9. The zero-order valence-corrected chi connectivity index (χ0v) is 31.2. The Hall–Kier alpha value is -2.98. The molecule has 0 aliphatic carbocycles. The topological polar surface area (TPSA) is 193 Å². The van der Waals surface area contributed by atoms with E-state index < -0.39 is 41.9 Å². The van der Waals surface area contributed by atoms with Crippen molar-refractivity contribution < 1.29 is 53.4 Å². The number of aliphatic hydroxyl groups excluding tert-OH is 3. The lowest BCUT2D eigenvalue weighted by Gasteiger charge is -2.39. The zero-order valence-electron chi connectivity index (χ0n) is 31.2. The number of aliphatic hydroxyl groups is 3. The number of rotatable bonds is 17. The second-order valence-corrected chi connectivity index (χ2v) is 15.6. The van der Waals surface area contributed by atoms with Gasteiger partial charge in [-0.05, 0) is 43.7 Å². The van der Waals surface area contributed by atoms with Gasteiger partial charge in [-0.2, -0.15) is 0 Å². The van der Waals surface area contributed by atoms with E-state index in [1.54, 1.807) is 26.8 Å². The van der Waals surface area contributed by atoms with Crippen LogP contribution < -0.4 is 15.4 Å². The Labute approximate surface area is 301 Å². The van der Waals surface area contributed by atoms with Crippen LogP contribution in [0.5, 0.6) is 5.75 Å². The van der Waals surface area contributed by atoms with Crippen molar-refractivity contribution in [3.05, 3.63) is 23.8 Å². The normalized spacial score (nSPS) is 23.2. The molecule has 0 bridgehead atoms. The molecule has 2 aliphatic rings. The minimum atomic E-state index is -1.74. The van der Waals surface area contributed by atoms with E-state index in [-0.39, 0.29) is 47.4 Å². The average molecular weight is 722 g/mol. The standard InChI is InChI=1S/C37H59N3O11/c1-23(41)33-31(45)30(44)32(46)35(51-33)50-27-22-25(8-9-26(27)34(47)37(5,6)7)39-28(42)13-18-48-20-21-49-19-15-38-24-11-16-40(17-12-24)29(43)10-14-36(2,3)4/h8-9,22,24,30-33,35,38,44-46H,10-21H2,1-7H3,(H,39,42)/t30-,31-,32+,33+,35?/m0/s1. The summed E-state index contributed by atoms with van der Waals surface area (Å²) in [7, 11) is 0.